The van der Waals surface area contributed by atoms with E-state index in [1.165, 1.54) is 24.3 Å². The van der Waals surface area contributed by atoms with Crippen molar-refractivity contribution >= 4 is 23.7 Å². The van der Waals surface area contributed by atoms with Gasteiger partial charge in [0.05, 0.1) is 0 Å². The third-order valence-corrected chi connectivity index (χ3v) is 2.48. The standard InChI is InChI=1S/C12H9N3O5/c16-8-3-1-2-7(6-8)4-5-9-13-11(17)10(15(19)20)12(18)14-9/h1-6,10,16H,(H,13,14,17,18)/b5-4+. The minimum Gasteiger partial charge on any atom is -0.508 e. The van der Waals surface area contributed by atoms with Gasteiger partial charge in [-0.2, -0.15) is 4.99 Å². The van der Waals surface area contributed by atoms with Crippen molar-refractivity contribution in [3.8, 4) is 5.75 Å². The van der Waals surface area contributed by atoms with Crippen molar-refractivity contribution in [2.45, 2.75) is 6.04 Å². The zero-order chi connectivity index (χ0) is 14.7. The summed E-state index contributed by atoms with van der Waals surface area (Å²) in [7, 11) is 0. The van der Waals surface area contributed by atoms with Crippen LogP contribution >= 0.6 is 0 Å². The number of rotatable bonds is 3. The fourth-order valence-electron chi connectivity index (χ4n) is 1.58. The lowest BCUT2D eigenvalue weighted by Crippen LogP contribution is -2.50. The predicted molar refractivity (Wildman–Crippen MR) is 68.5 cm³/mol. The first kappa shape index (κ1) is 13.4. The summed E-state index contributed by atoms with van der Waals surface area (Å²) in [5.74, 6) is -2.16. The number of carbonyl (C=O) groups excluding carboxylic acids is 2. The maximum Gasteiger partial charge on any atom is 0.368 e. The second kappa shape index (κ2) is 5.31. The van der Waals surface area contributed by atoms with Crippen LogP contribution in [0.2, 0.25) is 0 Å². The smallest absolute Gasteiger partial charge is 0.368 e. The van der Waals surface area contributed by atoms with Gasteiger partial charge >= 0.3 is 17.9 Å². The van der Waals surface area contributed by atoms with Crippen molar-refractivity contribution in [3.63, 3.8) is 0 Å². The van der Waals surface area contributed by atoms with Gasteiger partial charge in [0, 0.05) is 4.92 Å². The zero-order valence-electron chi connectivity index (χ0n) is 10.0. The van der Waals surface area contributed by atoms with Crippen molar-refractivity contribution < 1.29 is 19.6 Å². The summed E-state index contributed by atoms with van der Waals surface area (Å²) in [5.41, 5.74) is 0.616. The minimum absolute atomic E-state index is 0.0614. The third-order valence-electron chi connectivity index (χ3n) is 2.48. The number of nitrogens with one attached hydrogen (secondary N) is 1. The molecule has 0 aliphatic carbocycles. The Morgan fingerprint density at radius 2 is 2.10 bits per heavy atom. The number of nitro groups is 1. The minimum atomic E-state index is -1.99. The van der Waals surface area contributed by atoms with Gasteiger partial charge in [0.15, 0.2) is 0 Å². The first-order valence-electron chi connectivity index (χ1n) is 5.51. The van der Waals surface area contributed by atoms with Gasteiger partial charge in [-0.3, -0.25) is 19.7 Å². The van der Waals surface area contributed by atoms with Crippen LogP contribution in [0.1, 0.15) is 5.56 Å². The summed E-state index contributed by atoms with van der Waals surface area (Å²) in [4.78, 5) is 35.7. The van der Waals surface area contributed by atoms with Crippen LogP contribution in [0.5, 0.6) is 5.75 Å². The molecule has 1 aliphatic rings. The van der Waals surface area contributed by atoms with Crippen LogP contribution in [0.25, 0.3) is 6.08 Å². The monoisotopic (exact) mass is 275 g/mol. The van der Waals surface area contributed by atoms with Gasteiger partial charge in [-0.1, -0.05) is 18.2 Å². The summed E-state index contributed by atoms with van der Waals surface area (Å²) in [6, 6.07) is 4.26. The first-order chi connectivity index (χ1) is 9.47. The van der Waals surface area contributed by atoms with E-state index < -0.39 is 22.8 Å². The molecule has 0 saturated heterocycles. The molecule has 8 nitrogen and oxygen atoms in total. The normalized spacial score (nSPS) is 18.8. The van der Waals surface area contributed by atoms with E-state index in [2.05, 4.69) is 10.3 Å². The van der Waals surface area contributed by atoms with Crippen LogP contribution in [-0.2, 0) is 9.59 Å². The molecule has 1 unspecified atom stereocenters. The van der Waals surface area contributed by atoms with E-state index in [1.54, 1.807) is 12.1 Å². The molecule has 0 aromatic heterocycles. The van der Waals surface area contributed by atoms with Crippen LogP contribution in [0.15, 0.2) is 35.3 Å². The number of phenols is 1. The highest BCUT2D eigenvalue weighted by atomic mass is 16.6. The highest BCUT2D eigenvalue weighted by Crippen LogP contribution is 2.12. The van der Waals surface area contributed by atoms with Gasteiger partial charge in [0.1, 0.15) is 11.6 Å². The van der Waals surface area contributed by atoms with Gasteiger partial charge in [0.2, 0.25) is 0 Å². The summed E-state index contributed by atoms with van der Waals surface area (Å²) in [6.07, 6.45) is 2.82. The number of hydrogen-bond acceptors (Lipinski definition) is 5. The van der Waals surface area contributed by atoms with E-state index in [-0.39, 0.29) is 11.6 Å². The Bertz CT molecular complexity index is 650. The van der Waals surface area contributed by atoms with E-state index in [4.69, 9.17) is 0 Å². The number of hydrogen-bond donors (Lipinski definition) is 2. The van der Waals surface area contributed by atoms with Crippen molar-refractivity contribution in [1.29, 1.82) is 0 Å². The van der Waals surface area contributed by atoms with Crippen LogP contribution in [0, 0.1) is 10.1 Å². The van der Waals surface area contributed by atoms with Gasteiger partial charge in [-0.25, -0.2) is 0 Å². The molecule has 0 fully saturated rings. The summed E-state index contributed by atoms with van der Waals surface area (Å²) in [5, 5.41) is 21.9. The number of amides is 2. The molecule has 0 saturated carbocycles. The van der Waals surface area contributed by atoms with E-state index >= 15 is 0 Å². The topological polar surface area (TPSA) is 122 Å². The van der Waals surface area contributed by atoms with E-state index in [0.29, 0.717) is 5.56 Å². The summed E-state index contributed by atoms with van der Waals surface area (Å²) < 4.78 is 0. The number of phenolic OH excluding ortho intramolecular Hbond substituents is 1. The lowest BCUT2D eigenvalue weighted by atomic mass is 10.2. The zero-order valence-corrected chi connectivity index (χ0v) is 10.0. The van der Waals surface area contributed by atoms with E-state index in [0.717, 1.165) is 0 Å². The Morgan fingerprint density at radius 1 is 1.35 bits per heavy atom. The summed E-state index contributed by atoms with van der Waals surface area (Å²) in [6.45, 7) is 0. The Kier molecular flexibility index (Phi) is 3.56. The number of nitrogens with zero attached hydrogens (tertiary/aromatic N) is 2. The van der Waals surface area contributed by atoms with E-state index in [1.807, 2.05) is 0 Å². The molecular weight excluding hydrogens is 266 g/mol. The molecule has 1 heterocycles. The largest absolute Gasteiger partial charge is 0.508 e. The molecule has 1 aliphatic heterocycles. The maximum atomic E-state index is 11.4. The van der Waals surface area contributed by atoms with Crippen LogP contribution < -0.4 is 5.32 Å². The third kappa shape index (κ3) is 2.86. The number of benzene rings is 1. The average Bonchev–Trinajstić information content (AvgIpc) is 2.35. The first-order valence-corrected chi connectivity index (χ1v) is 5.51. The molecule has 102 valence electrons. The second-order valence-corrected chi connectivity index (χ2v) is 3.94. The fourth-order valence-corrected chi connectivity index (χ4v) is 1.58. The van der Waals surface area contributed by atoms with Gasteiger partial charge in [-0.15, -0.1) is 0 Å². The summed E-state index contributed by atoms with van der Waals surface area (Å²) >= 11 is 0. The van der Waals surface area contributed by atoms with Crippen molar-refractivity contribution in [1.82, 2.24) is 5.32 Å². The molecule has 1 aromatic rings. The fraction of sp³-hybridized carbons (Fsp3) is 0.0833. The molecule has 2 rings (SSSR count). The van der Waals surface area contributed by atoms with Gasteiger partial charge < -0.3 is 10.4 Å². The Labute approximate surface area is 112 Å². The number of carbonyl (C=O) groups is 2. The van der Waals surface area contributed by atoms with Crippen molar-refractivity contribution in [3.05, 3.63) is 46.0 Å². The molecular formula is C12H9N3O5. The highest BCUT2D eigenvalue weighted by molar-refractivity contribution is 6.21. The lowest BCUT2D eigenvalue weighted by molar-refractivity contribution is -0.493. The quantitative estimate of drug-likeness (QED) is 0.460. The van der Waals surface area contributed by atoms with Crippen molar-refractivity contribution in [2.75, 3.05) is 0 Å². The van der Waals surface area contributed by atoms with Gasteiger partial charge in [-0.05, 0) is 23.8 Å². The number of amidine groups is 1. The Hall–Kier alpha value is -3.03. The predicted octanol–water partition coefficient (Wildman–Crippen LogP) is 0.106. The Morgan fingerprint density at radius 3 is 2.70 bits per heavy atom. The molecule has 0 radical (unpaired) electrons. The lowest BCUT2D eigenvalue weighted by Gasteiger charge is -2.12. The van der Waals surface area contributed by atoms with Crippen LogP contribution in [-0.4, -0.2) is 33.7 Å². The molecule has 1 atom stereocenters. The van der Waals surface area contributed by atoms with Crippen LogP contribution in [0.4, 0.5) is 0 Å². The SMILES string of the molecule is O=C1N=C(/C=C/c2cccc(O)c2)NC(=O)C1[N+](=O)[O-]. The average molecular weight is 275 g/mol. The highest BCUT2D eigenvalue weighted by Gasteiger charge is 2.41. The van der Waals surface area contributed by atoms with Crippen LogP contribution in [0.3, 0.4) is 0 Å². The van der Waals surface area contributed by atoms with Gasteiger partial charge in [0.25, 0.3) is 0 Å². The second-order valence-electron chi connectivity index (χ2n) is 3.94. The van der Waals surface area contributed by atoms with Crippen molar-refractivity contribution in [2.24, 2.45) is 4.99 Å². The molecule has 0 bridgehead atoms. The molecule has 2 N–H and O–H groups in total. The number of aliphatic imine (C=N–C) groups is 1. The Balaban J connectivity index is 2.19. The molecule has 1 aromatic carbocycles. The van der Waals surface area contributed by atoms with E-state index in [9.17, 15) is 24.8 Å². The molecule has 2 amide bonds. The molecule has 20 heavy (non-hydrogen) atoms. The molecule has 8 heteroatoms. The number of aromatic hydroxyl groups is 1. The maximum absolute atomic E-state index is 11.4. The molecule has 0 spiro atoms.